The zero-order valence-electron chi connectivity index (χ0n) is 9.60. The molecule has 2 rings (SSSR count). The maximum Gasteiger partial charge on any atom is 0.173 e. The molecular weight excluding hydrogens is 204 g/mol. The fourth-order valence-corrected chi connectivity index (χ4v) is 1.84. The Morgan fingerprint density at radius 1 is 1.19 bits per heavy atom. The van der Waals surface area contributed by atoms with Crippen molar-refractivity contribution in [1.29, 1.82) is 0 Å². The number of carbonyl (C=O) groups is 1. The molecule has 0 N–H and O–H groups in total. The minimum Gasteiger partial charge on any atom is -0.349 e. The van der Waals surface area contributed by atoms with Gasteiger partial charge in [-0.3, -0.25) is 4.79 Å². The van der Waals surface area contributed by atoms with Crippen LogP contribution < -0.4 is 0 Å². The predicted octanol–water partition coefficient (Wildman–Crippen LogP) is 2.27. The van der Waals surface area contributed by atoms with Gasteiger partial charge in [-0.15, -0.1) is 0 Å². The molecule has 0 unspecified atom stereocenters. The van der Waals surface area contributed by atoms with E-state index in [4.69, 9.17) is 9.47 Å². The first-order chi connectivity index (χ1) is 7.62. The second kappa shape index (κ2) is 4.36. The van der Waals surface area contributed by atoms with E-state index in [0.717, 1.165) is 0 Å². The molecule has 0 atom stereocenters. The molecule has 1 saturated heterocycles. The van der Waals surface area contributed by atoms with Crippen molar-refractivity contribution in [3.63, 3.8) is 0 Å². The number of ketones is 1. The van der Waals surface area contributed by atoms with Gasteiger partial charge in [-0.1, -0.05) is 30.3 Å². The van der Waals surface area contributed by atoms with Crippen molar-refractivity contribution in [3.05, 3.63) is 35.9 Å². The van der Waals surface area contributed by atoms with E-state index in [-0.39, 0.29) is 5.78 Å². The Balaban J connectivity index is 2.20. The summed E-state index contributed by atoms with van der Waals surface area (Å²) in [4.78, 5) is 12.3. The SMILES string of the molecule is CC(C)(C(=O)c1ccccc1)C1OCCO1. The zero-order chi connectivity index (χ0) is 11.6. The Morgan fingerprint density at radius 3 is 2.31 bits per heavy atom. The maximum atomic E-state index is 12.3. The molecule has 86 valence electrons. The van der Waals surface area contributed by atoms with Crippen LogP contribution in [0.4, 0.5) is 0 Å². The van der Waals surface area contributed by atoms with Gasteiger partial charge in [0.2, 0.25) is 0 Å². The molecule has 3 heteroatoms. The molecule has 0 bridgehead atoms. The van der Waals surface area contributed by atoms with Crippen LogP contribution in [-0.4, -0.2) is 25.3 Å². The molecule has 16 heavy (non-hydrogen) atoms. The Hall–Kier alpha value is -1.19. The number of rotatable bonds is 3. The van der Waals surface area contributed by atoms with E-state index in [1.54, 1.807) is 0 Å². The van der Waals surface area contributed by atoms with Crippen LogP contribution in [0, 0.1) is 5.41 Å². The number of carbonyl (C=O) groups excluding carboxylic acids is 1. The standard InChI is InChI=1S/C13H16O3/c1-13(2,12-15-8-9-16-12)11(14)10-6-4-3-5-7-10/h3-7,12H,8-9H2,1-2H3. The van der Waals surface area contributed by atoms with Gasteiger partial charge in [0.05, 0.1) is 18.6 Å². The normalized spacial score (nSPS) is 17.6. The lowest BCUT2D eigenvalue weighted by Crippen LogP contribution is -2.38. The monoisotopic (exact) mass is 220 g/mol. The number of hydrogen-bond donors (Lipinski definition) is 0. The third kappa shape index (κ3) is 2.01. The number of ether oxygens (including phenoxy) is 2. The van der Waals surface area contributed by atoms with E-state index >= 15 is 0 Å². The van der Waals surface area contributed by atoms with E-state index in [1.165, 1.54) is 0 Å². The quantitative estimate of drug-likeness (QED) is 0.733. The van der Waals surface area contributed by atoms with Gasteiger partial charge in [-0.25, -0.2) is 0 Å². The average Bonchev–Trinajstić information content (AvgIpc) is 2.83. The van der Waals surface area contributed by atoms with Crippen molar-refractivity contribution < 1.29 is 14.3 Å². The van der Waals surface area contributed by atoms with Crippen LogP contribution in [0.5, 0.6) is 0 Å². The highest BCUT2D eigenvalue weighted by atomic mass is 16.7. The summed E-state index contributed by atoms with van der Waals surface area (Å²) in [6.07, 6.45) is -0.430. The first-order valence-corrected chi connectivity index (χ1v) is 5.45. The van der Waals surface area contributed by atoms with Crippen molar-refractivity contribution in [3.8, 4) is 0 Å². The smallest absolute Gasteiger partial charge is 0.173 e. The van der Waals surface area contributed by atoms with E-state index in [1.807, 2.05) is 44.2 Å². The molecule has 1 aromatic rings. The summed E-state index contributed by atoms with van der Waals surface area (Å²) in [7, 11) is 0. The molecular formula is C13H16O3. The van der Waals surface area contributed by atoms with Crippen molar-refractivity contribution in [2.45, 2.75) is 20.1 Å². The lowest BCUT2D eigenvalue weighted by Gasteiger charge is -2.28. The molecule has 1 aliphatic heterocycles. The van der Waals surface area contributed by atoms with E-state index in [2.05, 4.69) is 0 Å². The molecule has 1 heterocycles. The van der Waals surface area contributed by atoms with Crippen molar-refractivity contribution in [2.75, 3.05) is 13.2 Å². The van der Waals surface area contributed by atoms with Gasteiger partial charge in [-0.05, 0) is 13.8 Å². The molecule has 1 aromatic carbocycles. The summed E-state index contributed by atoms with van der Waals surface area (Å²) in [6, 6.07) is 9.25. The van der Waals surface area contributed by atoms with Gasteiger partial charge >= 0.3 is 0 Å². The molecule has 1 aliphatic rings. The molecule has 0 aromatic heterocycles. The molecule has 1 fully saturated rings. The van der Waals surface area contributed by atoms with Gasteiger partial charge in [0.25, 0.3) is 0 Å². The second-order valence-electron chi connectivity index (χ2n) is 4.49. The minimum atomic E-state index is -0.641. The molecule has 0 saturated carbocycles. The Morgan fingerprint density at radius 2 is 1.75 bits per heavy atom. The van der Waals surface area contributed by atoms with E-state index in [0.29, 0.717) is 18.8 Å². The van der Waals surface area contributed by atoms with Crippen LogP contribution in [0.2, 0.25) is 0 Å². The van der Waals surface area contributed by atoms with Crippen LogP contribution in [0.3, 0.4) is 0 Å². The van der Waals surface area contributed by atoms with Gasteiger partial charge in [-0.2, -0.15) is 0 Å². The first-order valence-electron chi connectivity index (χ1n) is 5.45. The summed E-state index contributed by atoms with van der Waals surface area (Å²) >= 11 is 0. The third-order valence-electron chi connectivity index (χ3n) is 2.83. The van der Waals surface area contributed by atoms with Crippen LogP contribution >= 0.6 is 0 Å². The van der Waals surface area contributed by atoms with Gasteiger partial charge in [0, 0.05) is 5.56 Å². The maximum absolute atomic E-state index is 12.3. The van der Waals surface area contributed by atoms with E-state index in [9.17, 15) is 4.79 Å². The molecule has 0 radical (unpaired) electrons. The largest absolute Gasteiger partial charge is 0.349 e. The van der Waals surface area contributed by atoms with Crippen LogP contribution in [0.15, 0.2) is 30.3 Å². The molecule has 0 aliphatic carbocycles. The molecule has 0 spiro atoms. The first kappa shape index (κ1) is 11.3. The summed E-state index contributed by atoms with van der Waals surface area (Å²) in [5.41, 5.74) is 0.0595. The Labute approximate surface area is 95.4 Å². The lowest BCUT2D eigenvalue weighted by molar-refractivity contribution is -0.103. The predicted molar refractivity (Wildman–Crippen MR) is 60.2 cm³/mol. The highest BCUT2D eigenvalue weighted by Crippen LogP contribution is 2.31. The van der Waals surface area contributed by atoms with Gasteiger partial charge in [0.1, 0.15) is 0 Å². The number of hydrogen-bond acceptors (Lipinski definition) is 3. The zero-order valence-corrected chi connectivity index (χ0v) is 9.60. The second-order valence-corrected chi connectivity index (χ2v) is 4.49. The summed E-state index contributed by atoms with van der Waals surface area (Å²) < 4.78 is 10.8. The summed E-state index contributed by atoms with van der Waals surface area (Å²) in [5, 5.41) is 0. The van der Waals surface area contributed by atoms with Crippen molar-refractivity contribution in [1.82, 2.24) is 0 Å². The topological polar surface area (TPSA) is 35.5 Å². The van der Waals surface area contributed by atoms with Gasteiger partial charge < -0.3 is 9.47 Å². The highest BCUT2D eigenvalue weighted by Gasteiger charge is 2.40. The molecule has 3 nitrogen and oxygen atoms in total. The van der Waals surface area contributed by atoms with E-state index < -0.39 is 11.7 Å². The number of benzene rings is 1. The van der Waals surface area contributed by atoms with Crippen molar-refractivity contribution >= 4 is 5.78 Å². The van der Waals surface area contributed by atoms with Crippen LogP contribution in [-0.2, 0) is 9.47 Å². The fourth-order valence-electron chi connectivity index (χ4n) is 1.84. The third-order valence-corrected chi connectivity index (χ3v) is 2.83. The lowest BCUT2D eigenvalue weighted by atomic mass is 9.83. The Kier molecular flexibility index (Phi) is 3.08. The average molecular weight is 220 g/mol. The van der Waals surface area contributed by atoms with Crippen LogP contribution in [0.25, 0.3) is 0 Å². The Bertz CT molecular complexity index is 364. The summed E-state index contributed by atoms with van der Waals surface area (Å²) in [5.74, 6) is 0.0556. The molecule has 0 amide bonds. The van der Waals surface area contributed by atoms with Crippen LogP contribution in [0.1, 0.15) is 24.2 Å². The fraction of sp³-hybridized carbons (Fsp3) is 0.462. The van der Waals surface area contributed by atoms with Crippen molar-refractivity contribution in [2.24, 2.45) is 5.41 Å². The number of Topliss-reactive ketones (excluding diaryl/α,β-unsaturated/α-hetero) is 1. The van der Waals surface area contributed by atoms with Gasteiger partial charge in [0.15, 0.2) is 12.1 Å². The minimum absolute atomic E-state index is 0.0556. The summed E-state index contributed by atoms with van der Waals surface area (Å²) in [6.45, 7) is 4.85. The highest BCUT2D eigenvalue weighted by molar-refractivity contribution is 6.00.